The molecule has 8 heteroatoms. The van der Waals surface area contributed by atoms with Crippen LogP contribution >= 0.6 is 0 Å². The molecule has 5 rings (SSSR count). The number of aromatic nitrogens is 1. The van der Waals surface area contributed by atoms with E-state index in [0.29, 0.717) is 55.4 Å². The minimum absolute atomic E-state index is 0.0152. The smallest absolute Gasteiger partial charge is 0.309 e. The number of benzene rings is 2. The maximum Gasteiger partial charge on any atom is 0.309 e. The van der Waals surface area contributed by atoms with E-state index in [-0.39, 0.29) is 24.2 Å². The first kappa shape index (κ1) is 28.0. The van der Waals surface area contributed by atoms with Crippen molar-refractivity contribution in [2.75, 3.05) is 37.7 Å². The fraction of sp³-hybridized carbons (Fsp3) is 0.438. The number of esters is 1. The summed E-state index contributed by atoms with van der Waals surface area (Å²) in [6.07, 6.45) is 5.22. The molecule has 2 aliphatic rings. The molecular weight excluding hydrogens is 512 g/mol. The first-order chi connectivity index (χ1) is 19.4. The van der Waals surface area contributed by atoms with E-state index in [2.05, 4.69) is 33.4 Å². The Morgan fingerprint density at radius 3 is 2.55 bits per heavy atom. The summed E-state index contributed by atoms with van der Waals surface area (Å²) in [5.41, 5.74) is 4.34. The molecule has 0 amide bonds. The number of aryl methyl sites for hydroxylation is 1. The van der Waals surface area contributed by atoms with Crippen LogP contribution < -0.4 is 15.0 Å². The monoisotopic (exact) mass is 549 g/mol. The van der Waals surface area contributed by atoms with Crippen LogP contribution in [0.1, 0.15) is 55.2 Å². The Morgan fingerprint density at radius 2 is 1.82 bits per heavy atom. The third-order valence-electron chi connectivity index (χ3n) is 8.05. The van der Waals surface area contributed by atoms with Crippen LogP contribution in [0.3, 0.4) is 0 Å². The molecule has 3 aromatic rings. The Hall–Kier alpha value is -3.52. The van der Waals surface area contributed by atoms with Crippen LogP contribution in [0.2, 0.25) is 0 Å². The van der Waals surface area contributed by atoms with Crippen LogP contribution in [-0.4, -0.2) is 43.7 Å². The van der Waals surface area contributed by atoms with Crippen molar-refractivity contribution in [1.82, 2.24) is 10.3 Å². The zero-order chi connectivity index (χ0) is 28.1. The van der Waals surface area contributed by atoms with Gasteiger partial charge in [0.2, 0.25) is 0 Å². The second-order valence-electron chi connectivity index (χ2n) is 10.7. The third-order valence-corrected chi connectivity index (χ3v) is 8.05. The van der Waals surface area contributed by atoms with Crippen molar-refractivity contribution >= 4 is 11.8 Å². The number of halogens is 2. The number of nitrogens with zero attached hydrogens (tertiary/aromatic N) is 2. The van der Waals surface area contributed by atoms with Gasteiger partial charge in [-0.2, -0.15) is 0 Å². The molecule has 0 spiro atoms. The summed E-state index contributed by atoms with van der Waals surface area (Å²) in [6, 6.07) is 12.1. The second-order valence-corrected chi connectivity index (χ2v) is 10.7. The maximum absolute atomic E-state index is 15.1. The summed E-state index contributed by atoms with van der Waals surface area (Å²) < 4.78 is 40.7. The largest absolute Gasteiger partial charge is 0.485 e. The van der Waals surface area contributed by atoms with Crippen LogP contribution in [0, 0.1) is 24.5 Å². The lowest BCUT2D eigenvalue weighted by molar-refractivity contribution is -0.148. The van der Waals surface area contributed by atoms with Gasteiger partial charge in [0.05, 0.1) is 12.5 Å². The molecule has 2 aromatic carbocycles. The van der Waals surface area contributed by atoms with E-state index < -0.39 is 11.6 Å². The standard InChI is InChI=1S/C32H37F2N3O3/c1-3-39-32(38)23-9-14-37(15-10-23)30-17-25(8-13-36-30)28-18-27(33)19-29(34)31(28)40-20-26-5-4-24(16-21(26)2)22-6-11-35-12-7-22/h4-5,8,13,16-19,22-23,35H,3,6-7,9-12,14-15,20H2,1-2H3. The molecule has 0 saturated carbocycles. The van der Waals surface area contributed by atoms with E-state index in [1.54, 1.807) is 12.3 Å². The number of hydrogen-bond acceptors (Lipinski definition) is 6. The molecule has 1 aromatic heterocycles. The van der Waals surface area contributed by atoms with Gasteiger partial charge < -0.3 is 19.7 Å². The number of rotatable bonds is 8. The molecule has 2 saturated heterocycles. The highest BCUT2D eigenvalue weighted by Gasteiger charge is 2.27. The Kier molecular flexibility index (Phi) is 8.94. The minimum atomic E-state index is -0.743. The predicted octanol–water partition coefficient (Wildman–Crippen LogP) is 6.16. The quantitative estimate of drug-likeness (QED) is 0.340. The second kappa shape index (κ2) is 12.8. The lowest BCUT2D eigenvalue weighted by Crippen LogP contribution is -2.37. The van der Waals surface area contributed by atoms with E-state index in [1.165, 1.54) is 11.6 Å². The van der Waals surface area contributed by atoms with E-state index in [1.807, 2.05) is 19.9 Å². The van der Waals surface area contributed by atoms with Crippen molar-refractivity contribution < 1.29 is 23.0 Å². The highest BCUT2D eigenvalue weighted by atomic mass is 19.1. The molecule has 1 N–H and O–H groups in total. The number of hydrogen-bond donors (Lipinski definition) is 1. The van der Waals surface area contributed by atoms with Crippen molar-refractivity contribution in [3.63, 3.8) is 0 Å². The number of anilines is 1. The zero-order valence-corrected chi connectivity index (χ0v) is 23.2. The van der Waals surface area contributed by atoms with Gasteiger partial charge in [0.15, 0.2) is 11.6 Å². The predicted molar refractivity (Wildman–Crippen MR) is 152 cm³/mol. The molecule has 0 unspecified atom stereocenters. The van der Waals surface area contributed by atoms with Gasteiger partial charge in [-0.1, -0.05) is 18.2 Å². The van der Waals surface area contributed by atoms with Crippen LogP contribution in [0.4, 0.5) is 14.6 Å². The molecule has 0 aliphatic carbocycles. The normalized spacial score (nSPS) is 16.6. The lowest BCUT2D eigenvalue weighted by atomic mass is 9.88. The molecule has 2 aliphatic heterocycles. The van der Waals surface area contributed by atoms with Crippen molar-refractivity contribution in [2.24, 2.45) is 5.92 Å². The Bertz CT molecular complexity index is 1330. The number of carbonyl (C=O) groups is 1. The average molecular weight is 550 g/mol. The third kappa shape index (κ3) is 6.44. The van der Waals surface area contributed by atoms with Gasteiger partial charge >= 0.3 is 5.97 Å². The molecule has 212 valence electrons. The van der Waals surface area contributed by atoms with Gasteiger partial charge in [0, 0.05) is 30.9 Å². The van der Waals surface area contributed by atoms with Gasteiger partial charge in [0.25, 0.3) is 0 Å². The molecule has 6 nitrogen and oxygen atoms in total. The topological polar surface area (TPSA) is 63.7 Å². The van der Waals surface area contributed by atoms with E-state index in [0.717, 1.165) is 43.1 Å². The number of piperidine rings is 2. The van der Waals surface area contributed by atoms with Crippen LogP contribution in [0.25, 0.3) is 11.1 Å². The zero-order valence-electron chi connectivity index (χ0n) is 23.2. The van der Waals surface area contributed by atoms with Crippen LogP contribution in [0.15, 0.2) is 48.7 Å². The number of nitrogens with one attached hydrogen (secondary N) is 1. The van der Waals surface area contributed by atoms with Gasteiger partial charge in [-0.05, 0) is 99.0 Å². The SMILES string of the molecule is CCOC(=O)C1CCN(c2cc(-c3cc(F)cc(F)c3OCc3ccc(C4CCNCC4)cc3C)ccn2)CC1. The van der Waals surface area contributed by atoms with Crippen molar-refractivity contribution in [3.8, 4) is 16.9 Å². The molecule has 0 radical (unpaired) electrons. The number of ether oxygens (including phenoxy) is 2. The first-order valence-electron chi connectivity index (χ1n) is 14.2. The summed E-state index contributed by atoms with van der Waals surface area (Å²) in [5.74, 6) is -0.427. The van der Waals surface area contributed by atoms with Crippen molar-refractivity contribution in [3.05, 3.63) is 77.0 Å². The fourth-order valence-corrected chi connectivity index (χ4v) is 5.72. The maximum atomic E-state index is 15.1. The summed E-state index contributed by atoms with van der Waals surface area (Å²) in [4.78, 5) is 18.7. The number of pyridine rings is 1. The summed E-state index contributed by atoms with van der Waals surface area (Å²) in [7, 11) is 0. The van der Waals surface area contributed by atoms with Gasteiger partial charge in [-0.25, -0.2) is 13.8 Å². The lowest BCUT2D eigenvalue weighted by Gasteiger charge is -2.32. The first-order valence-corrected chi connectivity index (χ1v) is 14.2. The fourth-order valence-electron chi connectivity index (χ4n) is 5.72. The van der Waals surface area contributed by atoms with Crippen molar-refractivity contribution in [2.45, 2.75) is 52.1 Å². The summed E-state index contributed by atoms with van der Waals surface area (Å²) in [5, 5.41) is 3.40. The van der Waals surface area contributed by atoms with E-state index in [9.17, 15) is 9.18 Å². The highest BCUT2D eigenvalue weighted by molar-refractivity contribution is 5.74. The average Bonchev–Trinajstić information content (AvgIpc) is 2.97. The molecule has 3 heterocycles. The van der Waals surface area contributed by atoms with E-state index >= 15 is 4.39 Å². The Balaban J connectivity index is 1.33. The van der Waals surface area contributed by atoms with E-state index in [4.69, 9.17) is 9.47 Å². The highest BCUT2D eigenvalue weighted by Crippen LogP contribution is 2.36. The molecule has 0 bridgehead atoms. The van der Waals surface area contributed by atoms with Crippen LogP contribution in [0.5, 0.6) is 5.75 Å². The Labute approximate surface area is 234 Å². The van der Waals surface area contributed by atoms with Gasteiger partial charge in [-0.3, -0.25) is 4.79 Å². The molecule has 0 atom stereocenters. The molecule has 2 fully saturated rings. The summed E-state index contributed by atoms with van der Waals surface area (Å²) >= 11 is 0. The van der Waals surface area contributed by atoms with Crippen LogP contribution in [-0.2, 0) is 16.1 Å². The summed E-state index contributed by atoms with van der Waals surface area (Å²) in [6.45, 7) is 7.76. The van der Waals surface area contributed by atoms with Crippen molar-refractivity contribution in [1.29, 1.82) is 0 Å². The molecular formula is C32H37F2N3O3. The minimum Gasteiger partial charge on any atom is -0.485 e. The van der Waals surface area contributed by atoms with Gasteiger partial charge in [-0.15, -0.1) is 0 Å². The molecule has 40 heavy (non-hydrogen) atoms. The number of carbonyl (C=O) groups excluding carboxylic acids is 1. The van der Waals surface area contributed by atoms with Gasteiger partial charge in [0.1, 0.15) is 18.2 Å². The Morgan fingerprint density at radius 1 is 1.05 bits per heavy atom.